The molecular formula is C19H22ClNO3S. The minimum atomic E-state index is -3.36. The van der Waals surface area contributed by atoms with Crippen molar-refractivity contribution in [1.82, 2.24) is 5.32 Å². The molecule has 0 aliphatic rings. The van der Waals surface area contributed by atoms with Gasteiger partial charge in [0.2, 0.25) is 0 Å². The van der Waals surface area contributed by atoms with Crippen molar-refractivity contribution < 1.29 is 13.2 Å². The first-order valence-electron chi connectivity index (χ1n) is 7.86. The van der Waals surface area contributed by atoms with Crippen LogP contribution in [0.2, 0.25) is 5.02 Å². The van der Waals surface area contributed by atoms with Crippen LogP contribution in [0, 0.1) is 6.92 Å². The lowest BCUT2D eigenvalue weighted by molar-refractivity contribution is 0.0945. The molecule has 0 fully saturated rings. The Bertz CT molecular complexity index is 887. The van der Waals surface area contributed by atoms with Gasteiger partial charge in [0.15, 0.2) is 9.84 Å². The van der Waals surface area contributed by atoms with Gasteiger partial charge >= 0.3 is 0 Å². The molecule has 0 saturated carbocycles. The maximum Gasteiger partial charge on any atom is 0.251 e. The van der Waals surface area contributed by atoms with E-state index in [4.69, 9.17) is 11.6 Å². The molecule has 0 aliphatic carbocycles. The molecule has 134 valence electrons. The molecular weight excluding hydrogens is 358 g/mol. The molecule has 0 saturated heterocycles. The van der Waals surface area contributed by atoms with Gasteiger partial charge in [-0.1, -0.05) is 43.6 Å². The minimum absolute atomic E-state index is 0.139. The molecule has 0 bridgehead atoms. The van der Waals surface area contributed by atoms with Crippen LogP contribution in [0.25, 0.3) is 0 Å². The van der Waals surface area contributed by atoms with Gasteiger partial charge in [-0.25, -0.2) is 8.42 Å². The van der Waals surface area contributed by atoms with Crippen LogP contribution < -0.4 is 5.32 Å². The summed E-state index contributed by atoms with van der Waals surface area (Å²) in [4.78, 5) is 12.7. The number of carbonyl (C=O) groups is 1. The second-order valence-electron chi connectivity index (χ2n) is 6.82. The minimum Gasteiger partial charge on any atom is -0.351 e. The van der Waals surface area contributed by atoms with Gasteiger partial charge in [0.25, 0.3) is 5.91 Å². The smallest absolute Gasteiger partial charge is 0.251 e. The van der Waals surface area contributed by atoms with E-state index >= 15 is 0 Å². The second kappa shape index (κ2) is 7.18. The molecule has 25 heavy (non-hydrogen) atoms. The number of halogens is 1. The highest BCUT2D eigenvalue weighted by atomic mass is 35.5. The summed E-state index contributed by atoms with van der Waals surface area (Å²) in [5.74, 6) is -0.287. The van der Waals surface area contributed by atoms with Gasteiger partial charge in [-0.15, -0.1) is 0 Å². The van der Waals surface area contributed by atoms with Crippen LogP contribution in [-0.2, 0) is 15.3 Å². The molecule has 0 atom stereocenters. The Hall–Kier alpha value is -1.85. The molecule has 6 heteroatoms. The van der Waals surface area contributed by atoms with E-state index < -0.39 is 9.84 Å². The Kier molecular flexibility index (Phi) is 5.59. The largest absolute Gasteiger partial charge is 0.351 e. The SMILES string of the molecule is Cc1ccc(S(C)(=O)=O)cc1C(=O)NCC(C)(C)c1ccc(Cl)cc1. The average molecular weight is 380 g/mol. The van der Waals surface area contributed by atoms with E-state index in [-0.39, 0.29) is 16.2 Å². The number of carbonyl (C=O) groups excluding carboxylic acids is 1. The highest BCUT2D eigenvalue weighted by molar-refractivity contribution is 7.90. The Morgan fingerprint density at radius 3 is 2.28 bits per heavy atom. The Morgan fingerprint density at radius 2 is 1.72 bits per heavy atom. The third kappa shape index (κ3) is 4.83. The van der Waals surface area contributed by atoms with Crippen molar-refractivity contribution in [3.63, 3.8) is 0 Å². The van der Waals surface area contributed by atoms with E-state index in [0.717, 1.165) is 17.4 Å². The fourth-order valence-corrected chi connectivity index (χ4v) is 3.25. The van der Waals surface area contributed by atoms with Crippen molar-refractivity contribution >= 4 is 27.3 Å². The van der Waals surface area contributed by atoms with E-state index in [1.807, 2.05) is 38.1 Å². The topological polar surface area (TPSA) is 63.2 Å². The van der Waals surface area contributed by atoms with Crippen LogP contribution in [-0.4, -0.2) is 27.1 Å². The van der Waals surface area contributed by atoms with Crippen molar-refractivity contribution in [2.45, 2.75) is 31.1 Å². The number of hydrogen-bond acceptors (Lipinski definition) is 3. The Balaban J connectivity index is 2.18. The standard InChI is InChI=1S/C19H22ClNO3S/c1-13-5-10-16(25(4,23)24)11-17(13)18(22)21-12-19(2,3)14-6-8-15(20)9-7-14/h5-11H,12H2,1-4H3,(H,21,22). The van der Waals surface area contributed by atoms with Gasteiger partial charge < -0.3 is 5.32 Å². The summed E-state index contributed by atoms with van der Waals surface area (Å²) in [5.41, 5.74) is 1.87. The monoisotopic (exact) mass is 379 g/mol. The summed E-state index contributed by atoms with van der Waals surface area (Å²) in [7, 11) is -3.36. The van der Waals surface area contributed by atoms with E-state index in [9.17, 15) is 13.2 Å². The molecule has 2 aromatic rings. The normalized spacial score (nSPS) is 12.0. The van der Waals surface area contributed by atoms with Gasteiger partial charge in [-0.05, 0) is 42.3 Å². The number of rotatable bonds is 5. The quantitative estimate of drug-likeness (QED) is 0.860. The number of benzene rings is 2. The van der Waals surface area contributed by atoms with Crippen LogP contribution in [0.3, 0.4) is 0 Å². The molecule has 0 aromatic heterocycles. The maximum absolute atomic E-state index is 12.5. The fourth-order valence-electron chi connectivity index (χ4n) is 2.48. The Labute approximate surface area is 154 Å². The van der Waals surface area contributed by atoms with Gasteiger partial charge in [-0.2, -0.15) is 0 Å². The van der Waals surface area contributed by atoms with Gasteiger partial charge in [0.1, 0.15) is 0 Å². The summed E-state index contributed by atoms with van der Waals surface area (Å²) in [5, 5.41) is 3.57. The van der Waals surface area contributed by atoms with Crippen molar-refractivity contribution in [2.75, 3.05) is 12.8 Å². The number of aryl methyl sites for hydroxylation is 1. The number of nitrogens with one attached hydrogen (secondary N) is 1. The summed E-state index contributed by atoms with van der Waals surface area (Å²) in [6, 6.07) is 12.1. The van der Waals surface area contributed by atoms with E-state index in [2.05, 4.69) is 5.32 Å². The molecule has 0 heterocycles. The zero-order valence-corrected chi connectivity index (χ0v) is 16.3. The summed E-state index contributed by atoms with van der Waals surface area (Å²) < 4.78 is 23.4. The zero-order chi connectivity index (χ0) is 18.8. The van der Waals surface area contributed by atoms with Gasteiger partial charge in [0.05, 0.1) is 4.90 Å². The highest BCUT2D eigenvalue weighted by Gasteiger charge is 2.22. The van der Waals surface area contributed by atoms with Gasteiger partial charge in [-0.3, -0.25) is 4.79 Å². The van der Waals surface area contributed by atoms with Crippen molar-refractivity contribution in [1.29, 1.82) is 0 Å². The average Bonchev–Trinajstić information content (AvgIpc) is 2.52. The summed E-state index contributed by atoms with van der Waals surface area (Å²) in [6.45, 7) is 6.24. The lowest BCUT2D eigenvalue weighted by Gasteiger charge is -2.26. The van der Waals surface area contributed by atoms with Crippen LogP contribution in [0.5, 0.6) is 0 Å². The molecule has 4 nitrogen and oxygen atoms in total. The fraction of sp³-hybridized carbons (Fsp3) is 0.316. The second-order valence-corrected chi connectivity index (χ2v) is 9.27. The molecule has 2 rings (SSSR count). The number of amides is 1. The van der Waals surface area contributed by atoms with E-state index in [0.29, 0.717) is 17.1 Å². The third-order valence-electron chi connectivity index (χ3n) is 4.20. The number of sulfone groups is 1. The molecule has 1 N–H and O–H groups in total. The first-order chi connectivity index (χ1) is 11.5. The van der Waals surface area contributed by atoms with Crippen LogP contribution in [0.1, 0.15) is 35.3 Å². The molecule has 0 radical (unpaired) electrons. The van der Waals surface area contributed by atoms with E-state index in [1.54, 1.807) is 13.0 Å². The van der Waals surface area contributed by atoms with Crippen LogP contribution in [0.4, 0.5) is 0 Å². The lowest BCUT2D eigenvalue weighted by Crippen LogP contribution is -2.37. The van der Waals surface area contributed by atoms with Gasteiger partial charge in [0, 0.05) is 28.8 Å². The molecule has 0 unspecified atom stereocenters. The highest BCUT2D eigenvalue weighted by Crippen LogP contribution is 2.24. The maximum atomic E-state index is 12.5. The molecule has 0 spiro atoms. The van der Waals surface area contributed by atoms with Crippen LogP contribution >= 0.6 is 11.6 Å². The Morgan fingerprint density at radius 1 is 1.12 bits per heavy atom. The molecule has 0 aliphatic heterocycles. The predicted molar refractivity (Wildman–Crippen MR) is 101 cm³/mol. The predicted octanol–water partition coefficient (Wildman–Crippen LogP) is 3.76. The third-order valence-corrected chi connectivity index (χ3v) is 5.56. The van der Waals surface area contributed by atoms with Crippen molar-refractivity contribution in [3.8, 4) is 0 Å². The lowest BCUT2D eigenvalue weighted by atomic mass is 9.84. The number of hydrogen-bond donors (Lipinski definition) is 1. The zero-order valence-electron chi connectivity index (χ0n) is 14.8. The first-order valence-corrected chi connectivity index (χ1v) is 10.1. The van der Waals surface area contributed by atoms with E-state index in [1.165, 1.54) is 12.1 Å². The first kappa shape index (κ1) is 19.5. The summed E-state index contributed by atoms with van der Waals surface area (Å²) >= 11 is 5.92. The van der Waals surface area contributed by atoms with Crippen LogP contribution in [0.15, 0.2) is 47.4 Å². The molecule has 2 aromatic carbocycles. The van der Waals surface area contributed by atoms with Crippen molar-refractivity contribution in [3.05, 3.63) is 64.2 Å². The van der Waals surface area contributed by atoms with Crippen molar-refractivity contribution in [2.24, 2.45) is 0 Å². The summed E-state index contributed by atoms with van der Waals surface area (Å²) in [6.07, 6.45) is 1.13. The molecule has 1 amide bonds.